The second-order valence-corrected chi connectivity index (χ2v) is 8.31. The number of aryl methyl sites for hydroxylation is 1. The van der Waals surface area contributed by atoms with Crippen molar-refractivity contribution in [1.82, 2.24) is 0 Å². The third-order valence-electron chi connectivity index (χ3n) is 6.08. The molecule has 4 rings (SSSR count). The summed E-state index contributed by atoms with van der Waals surface area (Å²) in [5, 5.41) is 12.4. The minimum atomic E-state index is -0.458. The van der Waals surface area contributed by atoms with Gasteiger partial charge in [-0.05, 0) is 60.9 Å². The smallest absolute Gasteiger partial charge is 0.229 e. The third kappa shape index (κ3) is 4.91. The highest BCUT2D eigenvalue weighted by Gasteiger charge is 2.41. The molecule has 2 atom stereocenters. The number of rotatable bonds is 6. The van der Waals surface area contributed by atoms with E-state index in [4.69, 9.17) is 4.74 Å². The number of hydrogen-bond donors (Lipinski definition) is 2. The maximum Gasteiger partial charge on any atom is 0.229 e. The molecule has 170 valence electrons. The van der Waals surface area contributed by atoms with Gasteiger partial charge >= 0.3 is 0 Å². The maximum absolute atomic E-state index is 13.5. The zero-order valence-corrected chi connectivity index (χ0v) is 18.8. The lowest BCUT2D eigenvalue weighted by molar-refractivity contribution is -0.125. The summed E-state index contributed by atoms with van der Waals surface area (Å²) in [6, 6.07) is 22.0. The zero-order valence-electron chi connectivity index (χ0n) is 18.8. The molecule has 0 saturated carbocycles. The third-order valence-corrected chi connectivity index (χ3v) is 6.08. The summed E-state index contributed by atoms with van der Waals surface area (Å²) in [6.07, 6.45) is 0.735. The van der Waals surface area contributed by atoms with E-state index in [1.54, 1.807) is 36.3 Å². The number of hydrogen-bond acceptors (Lipinski definition) is 4. The Kier molecular flexibility index (Phi) is 6.75. The number of nitrogens with zero attached hydrogens (tertiary/aromatic N) is 1. The Hall–Kier alpha value is -3.64. The maximum atomic E-state index is 13.5. The predicted octanol–water partition coefficient (Wildman–Crippen LogP) is 4.62. The van der Waals surface area contributed by atoms with Crippen molar-refractivity contribution in [3.8, 4) is 5.75 Å². The molecule has 0 bridgehead atoms. The number of anilines is 2. The van der Waals surface area contributed by atoms with Crippen LogP contribution in [0.3, 0.4) is 0 Å². The molecule has 0 radical (unpaired) electrons. The Morgan fingerprint density at radius 3 is 2.48 bits per heavy atom. The molecule has 1 saturated heterocycles. The second-order valence-electron chi connectivity index (χ2n) is 8.31. The molecule has 2 N–H and O–H groups in total. The van der Waals surface area contributed by atoms with Crippen LogP contribution >= 0.6 is 0 Å². The van der Waals surface area contributed by atoms with Crippen molar-refractivity contribution in [2.75, 3.05) is 17.3 Å². The normalized spacial score (nSPS) is 18.2. The molecular formula is C27H28N2O4. The van der Waals surface area contributed by atoms with Gasteiger partial charge in [0.05, 0.1) is 25.7 Å². The fourth-order valence-corrected chi connectivity index (χ4v) is 4.34. The average molecular weight is 445 g/mol. The number of carbonyl (C=O) groups excluding carboxylic acids is 2. The Morgan fingerprint density at radius 1 is 1.09 bits per heavy atom. The number of carbonyl (C=O) groups is 2. The van der Waals surface area contributed by atoms with E-state index in [1.807, 2.05) is 55.5 Å². The number of piperidine rings is 1. The molecule has 33 heavy (non-hydrogen) atoms. The van der Waals surface area contributed by atoms with E-state index < -0.39 is 12.0 Å². The highest BCUT2D eigenvalue weighted by molar-refractivity contribution is 6.00. The molecule has 1 aliphatic rings. The van der Waals surface area contributed by atoms with Crippen LogP contribution in [0.25, 0.3) is 0 Å². The number of aliphatic hydroxyl groups is 1. The van der Waals surface area contributed by atoms with Gasteiger partial charge in [-0.3, -0.25) is 9.59 Å². The molecule has 6 nitrogen and oxygen atoms in total. The van der Waals surface area contributed by atoms with E-state index in [2.05, 4.69) is 5.32 Å². The number of aliphatic hydroxyl groups excluding tert-OH is 1. The molecular weight excluding hydrogens is 416 g/mol. The van der Waals surface area contributed by atoms with E-state index in [0.717, 1.165) is 22.4 Å². The lowest BCUT2D eigenvalue weighted by Crippen LogP contribution is -2.47. The van der Waals surface area contributed by atoms with E-state index in [-0.39, 0.29) is 24.8 Å². The van der Waals surface area contributed by atoms with Gasteiger partial charge in [0.15, 0.2) is 0 Å². The largest absolute Gasteiger partial charge is 0.497 e. The van der Waals surface area contributed by atoms with Crippen LogP contribution < -0.4 is 15.0 Å². The van der Waals surface area contributed by atoms with E-state index in [9.17, 15) is 14.7 Å². The molecule has 1 fully saturated rings. The van der Waals surface area contributed by atoms with Gasteiger partial charge in [0.2, 0.25) is 11.8 Å². The summed E-state index contributed by atoms with van der Waals surface area (Å²) in [6.45, 7) is 1.90. The minimum absolute atomic E-state index is 0.00833. The quantitative estimate of drug-likeness (QED) is 0.582. The first-order valence-corrected chi connectivity index (χ1v) is 11.0. The molecule has 0 spiro atoms. The van der Waals surface area contributed by atoms with Crippen LogP contribution in [0.4, 0.5) is 11.4 Å². The van der Waals surface area contributed by atoms with Crippen molar-refractivity contribution in [2.24, 2.45) is 5.92 Å². The summed E-state index contributed by atoms with van der Waals surface area (Å²) < 4.78 is 5.30. The number of methoxy groups -OCH3 is 1. The molecule has 1 heterocycles. The number of amides is 2. The lowest BCUT2D eigenvalue weighted by Gasteiger charge is -2.41. The first kappa shape index (κ1) is 22.6. The van der Waals surface area contributed by atoms with Gasteiger partial charge in [-0.15, -0.1) is 0 Å². The molecule has 0 aromatic heterocycles. The molecule has 1 aliphatic heterocycles. The van der Waals surface area contributed by atoms with Crippen LogP contribution in [0, 0.1) is 12.8 Å². The van der Waals surface area contributed by atoms with Crippen LogP contribution in [-0.4, -0.2) is 24.0 Å². The summed E-state index contributed by atoms with van der Waals surface area (Å²) in [5.74, 6) is 0.0984. The van der Waals surface area contributed by atoms with Crippen LogP contribution in [0.1, 0.15) is 35.6 Å². The summed E-state index contributed by atoms with van der Waals surface area (Å²) in [4.78, 5) is 28.4. The Balaban J connectivity index is 1.72. The Labute approximate surface area is 193 Å². The van der Waals surface area contributed by atoms with Gasteiger partial charge in [-0.25, -0.2) is 0 Å². The molecule has 2 unspecified atom stereocenters. The van der Waals surface area contributed by atoms with Gasteiger partial charge in [-0.2, -0.15) is 0 Å². The van der Waals surface area contributed by atoms with E-state index in [1.165, 1.54) is 0 Å². The molecule has 3 aromatic rings. The van der Waals surface area contributed by atoms with E-state index >= 15 is 0 Å². The van der Waals surface area contributed by atoms with Crippen molar-refractivity contribution in [1.29, 1.82) is 0 Å². The van der Waals surface area contributed by atoms with Crippen molar-refractivity contribution >= 4 is 23.2 Å². The SMILES string of the molecule is COc1ccc(C2C(C(=O)Nc3cccc(CO)c3)CCC(=O)N2c2ccc(C)cc2)cc1. The molecule has 3 aromatic carbocycles. The van der Waals surface area contributed by atoms with Crippen molar-refractivity contribution in [2.45, 2.75) is 32.4 Å². The van der Waals surface area contributed by atoms with Crippen molar-refractivity contribution < 1.29 is 19.4 Å². The molecule has 6 heteroatoms. The van der Waals surface area contributed by atoms with Gasteiger partial charge in [0.25, 0.3) is 0 Å². The van der Waals surface area contributed by atoms with Crippen LogP contribution in [-0.2, 0) is 16.2 Å². The highest BCUT2D eigenvalue weighted by Crippen LogP contribution is 2.41. The second kappa shape index (κ2) is 9.88. The Bertz CT molecular complexity index is 1130. The minimum Gasteiger partial charge on any atom is -0.497 e. The molecule has 2 amide bonds. The summed E-state index contributed by atoms with van der Waals surface area (Å²) in [7, 11) is 1.61. The summed E-state index contributed by atoms with van der Waals surface area (Å²) in [5.41, 5.74) is 4.08. The fraction of sp³-hybridized carbons (Fsp3) is 0.259. The summed E-state index contributed by atoms with van der Waals surface area (Å²) >= 11 is 0. The standard InChI is InChI=1S/C27H28N2O4/c1-18-6-10-22(11-7-18)29-25(31)15-14-24(26(29)20-8-12-23(33-2)13-9-20)27(32)28-21-5-3-4-19(16-21)17-30/h3-13,16,24,26,30H,14-15,17H2,1-2H3,(H,28,32). The van der Waals surface area contributed by atoms with Crippen LogP contribution in [0.2, 0.25) is 0 Å². The van der Waals surface area contributed by atoms with Gasteiger partial charge in [-0.1, -0.05) is 42.0 Å². The highest BCUT2D eigenvalue weighted by atomic mass is 16.5. The van der Waals surface area contributed by atoms with E-state index in [0.29, 0.717) is 17.9 Å². The fourth-order valence-electron chi connectivity index (χ4n) is 4.34. The zero-order chi connectivity index (χ0) is 23.4. The topological polar surface area (TPSA) is 78.9 Å². The Morgan fingerprint density at radius 2 is 1.82 bits per heavy atom. The first-order valence-electron chi connectivity index (χ1n) is 11.0. The molecule has 0 aliphatic carbocycles. The van der Waals surface area contributed by atoms with Crippen molar-refractivity contribution in [3.63, 3.8) is 0 Å². The number of ether oxygens (including phenoxy) is 1. The predicted molar refractivity (Wildman–Crippen MR) is 128 cm³/mol. The van der Waals surface area contributed by atoms with Gasteiger partial charge in [0.1, 0.15) is 5.75 Å². The average Bonchev–Trinajstić information content (AvgIpc) is 2.84. The van der Waals surface area contributed by atoms with Crippen LogP contribution in [0.5, 0.6) is 5.75 Å². The van der Waals surface area contributed by atoms with Gasteiger partial charge < -0.3 is 20.1 Å². The monoisotopic (exact) mass is 444 g/mol. The lowest BCUT2D eigenvalue weighted by atomic mass is 9.83. The van der Waals surface area contributed by atoms with Gasteiger partial charge in [0, 0.05) is 17.8 Å². The van der Waals surface area contributed by atoms with Crippen molar-refractivity contribution in [3.05, 3.63) is 89.5 Å². The number of benzene rings is 3. The van der Waals surface area contributed by atoms with Crippen LogP contribution in [0.15, 0.2) is 72.8 Å². The number of nitrogens with one attached hydrogen (secondary N) is 1. The first-order chi connectivity index (χ1) is 16.0.